The molecule has 3 aromatic rings. The second-order valence-corrected chi connectivity index (χ2v) is 8.56. The summed E-state index contributed by atoms with van der Waals surface area (Å²) < 4.78 is 1.90. The maximum Gasteiger partial charge on any atom is 0.253 e. The number of carbonyl (C=O) groups excluding carboxylic acids is 1. The molecule has 0 radical (unpaired) electrons. The molecule has 8 heteroatoms. The molecular formula is C22H27N7O. The number of benzene rings is 1. The molecule has 1 saturated heterocycles. The first-order valence-electron chi connectivity index (χ1n) is 10.5. The Morgan fingerprint density at radius 1 is 1.00 bits per heavy atom. The lowest BCUT2D eigenvalue weighted by Crippen LogP contribution is -2.60. The molecule has 8 nitrogen and oxygen atoms in total. The fourth-order valence-corrected chi connectivity index (χ4v) is 4.04. The van der Waals surface area contributed by atoms with Crippen molar-refractivity contribution in [2.75, 3.05) is 44.0 Å². The van der Waals surface area contributed by atoms with Crippen molar-refractivity contribution >= 4 is 23.1 Å². The number of carbonyl (C=O) groups is 1. The van der Waals surface area contributed by atoms with E-state index < -0.39 is 0 Å². The molecule has 1 saturated carbocycles. The first-order valence-corrected chi connectivity index (χ1v) is 10.5. The molecule has 0 spiro atoms. The number of amides is 1. The quantitative estimate of drug-likeness (QED) is 0.649. The van der Waals surface area contributed by atoms with Gasteiger partial charge in [-0.2, -0.15) is 4.52 Å². The largest absolute Gasteiger partial charge is 0.378 e. The van der Waals surface area contributed by atoms with Crippen molar-refractivity contribution in [1.29, 1.82) is 0 Å². The lowest BCUT2D eigenvalue weighted by molar-refractivity contribution is 0.0705. The predicted molar refractivity (Wildman–Crippen MR) is 116 cm³/mol. The van der Waals surface area contributed by atoms with E-state index in [4.69, 9.17) is 5.10 Å². The smallest absolute Gasteiger partial charge is 0.253 e. The third kappa shape index (κ3) is 3.16. The summed E-state index contributed by atoms with van der Waals surface area (Å²) in [5.41, 5.74) is 2.60. The molecule has 5 rings (SSSR count). The number of anilines is 2. The maximum atomic E-state index is 12.9. The summed E-state index contributed by atoms with van der Waals surface area (Å²) >= 11 is 0. The number of rotatable bonds is 5. The standard InChI is InChI=1S/C22H27N7O/c1-26(2)17-9-7-16(8-10-17)22(30)27(3)18-13-28(14-18)20-12-11-19-23-24-21(29(19)25-20)15-5-4-6-15/h7-12,15,18H,4-6,13-14H2,1-3H3. The Morgan fingerprint density at radius 3 is 2.37 bits per heavy atom. The normalized spacial score (nSPS) is 17.0. The van der Waals surface area contributed by atoms with Crippen LogP contribution in [0.15, 0.2) is 36.4 Å². The molecule has 1 amide bonds. The topological polar surface area (TPSA) is 69.9 Å². The van der Waals surface area contributed by atoms with Crippen LogP contribution in [0.3, 0.4) is 0 Å². The number of fused-ring (bicyclic) bond motifs is 1. The van der Waals surface area contributed by atoms with Gasteiger partial charge in [0.2, 0.25) is 0 Å². The highest BCUT2D eigenvalue weighted by Gasteiger charge is 2.34. The minimum atomic E-state index is 0.0550. The SMILES string of the molecule is CN(C)c1ccc(C(=O)N(C)C2CN(c3ccc4nnc(C5CCC5)n4n3)C2)cc1. The summed E-state index contributed by atoms with van der Waals surface area (Å²) in [6.45, 7) is 1.55. The molecule has 1 aromatic carbocycles. The highest BCUT2D eigenvalue weighted by Crippen LogP contribution is 2.35. The molecule has 3 heterocycles. The molecule has 2 aromatic heterocycles. The van der Waals surface area contributed by atoms with Crippen LogP contribution in [0.5, 0.6) is 0 Å². The minimum Gasteiger partial charge on any atom is -0.378 e. The van der Waals surface area contributed by atoms with Crippen LogP contribution in [-0.2, 0) is 0 Å². The van der Waals surface area contributed by atoms with Crippen molar-refractivity contribution in [3.63, 3.8) is 0 Å². The Morgan fingerprint density at radius 2 is 1.73 bits per heavy atom. The van der Waals surface area contributed by atoms with E-state index in [0.717, 1.165) is 41.6 Å². The van der Waals surface area contributed by atoms with Crippen LogP contribution < -0.4 is 9.80 Å². The average molecular weight is 406 g/mol. The fourth-order valence-electron chi connectivity index (χ4n) is 4.04. The van der Waals surface area contributed by atoms with Crippen molar-refractivity contribution < 1.29 is 4.79 Å². The Balaban J connectivity index is 1.25. The van der Waals surface area contributed by atoms with Crippen LogP contribution in [0.25, 0.3) is 5.65 Å². The van der Waals surface area contributed by atoms with Gasteiger partial charge in [-0.15, -0.1) is 15.3 Å². The Kier molecular flexibility index (Phi) is 4.56. The minimum absolute atomic E-state index is 0.0550. The molecule has 30 heavy (non-hydrogen) atoms. The molecule has 2 aliphatic rings. The van der Waals surface area contributed by atoms with E-state index in [1.807, 2.05) is 71.9 Å². The van der Waals surface area contributed by atoms with Gasteiger partial charge in [-0.1, -0.05) is 6.42 Å². The number of hydrogen-bond donors (Lipinski definition) is 0. The van der Waals surface area contributed by atoms with Gasteiger partial charge in [0.15, 0.2) is 11.5 Å². The number of likely N-dealkylation sites (N-methyl/N-ethyl adjacent to an activating group) is 1. The predicted octanol–water partition coefficient (Wildman–Crippen LogP) is 2.42. The number of aromatic nitrogens is 4. The van der Waals surface area contributed by atoms with E-state index in [1.54, 1.807) is 0 Å². The summed E-state index contributed by atoms with van der Waals surface area (Å²) in [5.74, 6) is 2.42. The van der Waals surface area contributed by atoms with Gasteiger partial charge >= 0.3 is 0 Å². The molecule has 156 valence electrons. The molecule has 1 aliphatic carbocycles. The van der Waals surface area contributed by atoms with Gasteiger partial charge in [0.25, 0.3) is 5.91 Å². The van der Waals surface area contributed by atoms with Crippen molar-refractivity contribution in [1.82, 2.24) is 24.7 Å². The zero-order chi connectivity index (χ0) is 20.8. The molecule has 2 fully saturated rings. The Bertz CT molecular complexity index is 1060. The number of nitrogens with zero attached hydrogens (tertiary/aromatic N) is 7. The average Bonchev–Trinajstić information content (AvgIpc) is 3.08. The van der Waals surface area contributed by atoms with E-state index in [1.165, 1.54) is 19.3 Å². The summed E-state index contributed by atoms with van der Waals surface area (Å²) in [6, 6.07) is 11.9. The van der Waals surface area contributed by atoms with Gasteiger partial charge in [0, 0.05) is 51.4 Å². The lowest BCUT2D eigenvalue weighted by atomic mass is 9.85. The van der Waals surface area contributed by atoms with Gasteiger partial charge in [-0.25, -0.2) is 0 Å². The second-order valence-electron chi connectivity index (χ2n) is 8.56. The van der Waals surface area contributed by atoms with Gasteiger partial charge in [-0.3, -0.25) is 4.79 Å². The summed E-state index contributed by atoms with van der Waals surface area (Å²) in [7, 11) is 5.87. The Hall–Kier alpha value is -3.16. The van der Waals surface area contributed by atoms with Gasteiger partial charge in [0.05, 0.1) is 6.04 Å². The monoisotopic (exact) mass is 405 g/mol. The van der Waals surface area contributed by atoms with E-state index in [9.17, 15) is 4.79 Å². The first kappa shape index (κ1) is 18.8. The third-order valence-corrected chi connectivity index (χ3v) is 6.43. The zero-order valence-electron chi connectivity index (χ0n) is 17.7. The van der Waals surface area contributed by atoms with Gasteiger partial charge < -0.3 is 14.7 Å². The maximum absolute atomic E-state index is 12.9. The second kappa shape index (κ2) is 7.27. The lowest BCUT2D eigenvalue weighted by Gasteiger charge is -2.44. The van der Waals surface area contributed by atoms with E-state index >= 15 is 0 Å². The fraction of sp³-hybridized carbons (Fsp3) is 0.455. The third-order valence-electron chi connectivity index (χ3n) is 6.43. The molecule has 0 atom stereocenters. The van der Waals surface area contributed by atoms with Crippen LogP contribution >= 0.6 is 0 Å². The molecule has 0 unspecified atom stereocenters. The number of hydrogen-bond acceptors (Lipinski definition) is 6. The van der Waals surface area contributed by atoms with Crippen molar-refractivity contribution in [3.8, 4) is 0 Å². The van der Waals surface area contributed by atoms with Crippen LogP contribution in [0.4, 0.5) is 11.5 Å². The van der Waals surface area contributed by atoms with E-state index in [-0.39, 0.29) is 11.9 Å². The van der Waals surface area contributed by atoms with Crippen molar-refractivity contribution in [2.24, 2.45) is 0 Å². The van der Waals surface area contributed by atoms with Crippen molar-refractivity contribution in [2.45, 2.75) is 31.2 Å². The summed E-state index contributed by atoms with van der Waals surface area (Å²) in [4.78, 5) is 18.9. The molecule has 0 N–H and O–H groups in total. The van der Waals surface area contributed by atoms with Crippen LogP contribution in [-0.4, -0.2) is 70.9 Å². The Labute approximate surface area is 176 Å². The van der Waals surface area contributed by atoms with E-state index in [2.05, 4.69) is 15.1 Å². The van der Waals surface area contributed by atoms with Crippen LogP contribution in [0, 0.1) is 0 Å². The highest BCUT2D eigenvalue weighted by atomic mass is 16.2. The van der Waals surface area contributed by atoms with Gasteiger partial charge in [-0.05, 0) is 49.2 Å². The van der Waals surface area contributed by atoms with Crippen molar-refractivity contribution in [3.05, 3.63) is 47.8 Å². The highest BCUT2D eigenvalue weighted by molar-refractivity contribution is 5.94. The van der Waals surface area contributed by atoms with Crippen LogP contribution in [0.2, 0.25) is 0 Å². The van der Waals surface area contributed by atoms with Crippen LogP contribution in [0.1, 0.15) is 41.4 Å². The molecule has 1 aliphatic heterocycles. The summed E-state index contributed by atoms with van der Waals surface area (Å²) in [5, 5.41) is 13.4. The molecular weight excluding hydrogens is 378 g/mol. The first-order chi connectivity index (χ1) is 14.5. The summed E-state index contributed by atoms with van der Waals surface area (Å²) in [6.07, 6.45) is 3.59. The zero-order valence-corrected chi connectivity index (χ0v) is 17.7. The van der Waals surface area contributed by atoms with Gasteiger partial charge in [0.1, 0.15) is 5.82 Å². The molecule has 0 bridgehead atoms. The van der Waals surface area contributed by atoms with E-state index in [0.29, 0.717) is 5.92 Å².